The number of benzene rings is 1. The van der Waals surface area contributed by atoms with E-state index in [-0.39, 0.29) is 18.1 Å². The van der Waals surface area contributed by atoms with Crippen molar-refractivity contribution in [2.24, 2.45) is 0 Å². The number of H-pyrrole nitrogens is 1. The van der Waals surface area contributed by atoms with Gasteiger partial charge in [0.15, 0.2) is 5.82 Å². The second-order valence-electron chi connectivity index (χ2n) is 6.30. The van der Waals surface area contributed by atoms with Crippen LogP contribution in [-0.2, 0) is 4.74 Å². The topological polar surface area (TPSA) is 104 Å². The fourth-order valence-corrected chi connectivity index (χ4v) is 2.78. The molecule has 2 aromatic heterocycles. The summed E-state index contributed by atoms with van der Waals surface area (Å²) < 4.78 is 5.15. The Morgan fingerprint density at radius 3 is 2.85 bits per heavy atom. The first-order valence-electron chi connectivity index (χ1n) is 8.50. The van der Waals surface area contributed by atoms with Crippen LogP contribution in [-0.4, -0.2) is 40.5 Å². The minimum atomic E-state index is -0.308. The molecule has 2 amide bonds. The van der Waals surface area contributed by atoms with Crippen molar-refractivity contribution in [3.05, 3.63) is 48.2 Å². The lowest BCUT2D eigenvalue weighted by molar-refractivity contribution is 0.0210. The van der Waals surface area contributed by atoms with Crippen LogP contribution in [0.1, 0.15) is 18.5 Å². The van der Waals surface area contributed by atoms with Crippen LogP contribution in [0.4, 0.5) is 16.4 Å². The number of pyridine rings is 1. The molecule has 3 aromatic rings. The Morgan fingerprint density at radius 2 is 2.12 bits per heavy atom. The molecule has 4 N–H and O–H groups in total. The van der Waals surface area contributed by atoms with Crippen molar-refractivity contribution in [2.45, 2.75) is 19.0 Å². The lowest BCUT2D eigenvalue weighted by Gasteiger charge is -2.26. The molecule has 0 radical (unpaired) electrons. The average Bonchev–Trinajstić information content (AvgIpc) is 3.01. The summed E-state index contributed by atoms with van der Waals surface area (Å²) in [5.41, 5.74) is 1.84. The first-order valence-corrected chi connectivity index (χ1v) is 8.50. The maximum absolute atomic E-state index is 12.2. The lowest BCUT2D eigenvalue weighted by atomic mass is 10.1. The highest BCUT2D eigenvalue weighted by Gasteiger charge is 2.20. The number of fused-ring (bicyclic) bond motifs is 1. The number of urea groups is 1. The Bertz CT molecular complexity index is 906. The van der Waals surface area contributed by atoms with Crippen LogP contribution in [0.25, 0.3) is 10.9 Å². The molecule has 1 aliphatic heterocycles. The SMILES string of the molecule is CC(NC(=O)Nc1cc2[nH]nc(NC3COC3)c2cn1)c1ccccc1. The summed E-state index contributed by atoms with van der Waals surface area (Å²) in [4.78, 5) is 16.5. The molecule has 1 aromatic carbocycles. The van der Waals surface area contributed by atoms with Crippen LogP contribution in [0, 0.1) is 0 Å². The van der Waals surface area contributed by atoms with Gasteiger partial charge in [0.1, 0.15) is 5.82 Å². The van der Waals surface area contributed by atoms with Crippen molar-refractivity contribution >= 4 is 28.6 Å². The molecular weight excluding hydrogens is 332 g/mol. The number of nitrogens with zero attached hydrogens (tertiary/aromatic N) is 2. The summed E-state index contributed by atoms with van der Waals surface area (Å²) in [7, 11) is 0. The van der Waals surface area contributed by atoms with Gasteiger partial charge >= 0.3 is 6.03 Å². The molecule has 4 rings (SSSR count). The standard InChI is InChI=1S/C18H20N6O2/c1-11(12-5-3-2-4-6-12)20-18(25)22-16-7-15-14(8-19-16)17(24-23-15)21-13-9-26-10-13/h2-8,11,13H,9-10H2,1H3,(H2,21,23,24)(H2,19,20,22,25). The minimum absolute atomic E-state index is 0.104. The van der Waals surface area contributed by atoms with Crippen molar-refractivity contribution in [1.29, 1.82) is 0 Å². The molecule has 1 aliphatic rings. The first kappa shape index (κ1) is 16.3. The number of rotatable bonds is 5. The number of nitrogens with one attached hydrogen (secondary N) is 4. The zero-order valence-corrected chi connectivity index (χ0v) is 14.3. The van der Waals surface area contributed by atoms with E-state index in [2.05, 4.69) is 31.1 Å². The summed E-state index contributed by atoms with van der Waals surface area (Å²) in [5.74, 6) is 1.20. The number of aromatic amines is 1. The summed E-state index contributed by atoms with van der Waals surface area (Å²) in [6, 6.07) is 11.4. The van der Waals surface area contributed by atoms with E-state index in [1.54, 1.807) is 12.3 Å². The van der Waals surface area contributed by atoms with E-state index < -0.39 is 0 Å². The summed E-state index contributed by atoms with van der Waals surface area (Å²) in [6.07, 6.45) is 1.69. The number of aromatic nitrogens is 3. The molecule has 0 bridgehead atoms. The zero-order valence-electron chi connectivity index (χ0n) is 14.3. The van der Waals surface area contributed by atoms with Gasteiger partial charge in [0.05, 0.1) is 36.2 Å². The van der Waals surface area contributed by atoms with Crippen LogP contribution in [0.3, 0.4) is 0 Å². The monoisotopic (exact) mass is 352 g/mol. The second kappa shape index (κ2) is 7.01. The van der Waals surface area contributed by atoms with E-state index in [0.29, 0.717) is 19.0 Å². The Kier molecular flexibility index (Phi) is 4.40. The predicted octanol–water partition coefficient (Wildman–Crippen LogP) is 2.65. The van der Waals surface area contributed by atoms with Gasteiger partial charge in [-0.1, -0.05) is 30.3 Å². The fraction of sp³-hybridized carbons (Fsp3) is 0.278. The zero-order chi connectivity index (χ0) is 17.9. The van der Waals surface area contributed by atoms with Gasteiger partial charge in [0.2, 0.25) is 0 Å². The number of anilines is 2. The smallest absolute Gasteiger partial charge is 0.320 e. The molecular formula is C18H20N6O2. The molecule has 0 saturated carbocycles. The second-order valence-corrected chi connectivity index (χ2v) is 6.30. The summed E-state index contributed by atoms with van der Waals surface area (Å²) in [5, 5.41) is 17.1. The summed E-state index contributed by atoms with van der Waals surface area (Å²) in [6.45, 7) is 3.30. The van der Waals surface area contributed by atoms with Crippen molar-refractivity contribution in [1.82, 2.24) is 20.5 Å². The van der Waals surface area contributed by atoms with E-state index in [1.165, 1.54) is 0 Å². The van der Waals surface area contributed by atoms with Gasteiger partial charge in [-0.25, -0.2) is 9.78 Å². The van der Waals surface area contributed by atoms with Gasteiger partial charge in [-0.05, 0) is 12.5 Å². The van der Waals surface area contributed by atoms with Crippen molar-refractivity contribution in [3.63, 3.8) is 0 Å². The van der Waals surface area contributed by atoms with Gasteiger partial charge < -0.3 is 15.4 Å². The number of carbonyl (C=O) groups excluding carboxylic acids is 1. The minimum Gasteiger partial charge on any atom is -0.377 e. The van der Waals surface area contributed by atoms with Crippen LogP contribution in [0.15, 0.2) is 42.6 Å². The van der Waals surface area contributed by atoms with Crippen molar-refractivity contribution in [3.8, 4) is 0 Å². The third-order valence-electron chi connectivity index (χ3n) is 4.31. The van der Waals surface area contributed by atoms with Gasteiger partial charge in [0.25, 0.3) is 0 Å². The maximum Gasteiger partial charge on any atom is 0.320 e. The predicted molar refractivity (Wildman–Crippen MR) is 99.1 cm³/mol. The van der Waals surface area contributed by atoms with Crippen LogP contribution >= 0.6 is 0 Å². The average molecular weight is 352 g/mol. The Labute approximate surface area is 150 Å². The lowest BCUT2D eigenvalue weighted by Crippen LogP contribution is -2.40. The van der Waals surface area contributed by atoms with E-state index in [9.17, 15) is 4.79 Å². The molecule has 134 valence electrons. The summed E-state index contributed by atoms with van der Waals surface area (Å²) >= 11 is 0. The molecule has 1 unspecified atom stereocenters. The first-order chi connectivity index (χ1) is 12.7. The highest BCUT2D eigenvalue weighted by atomic mass is 16.5. The molecule has 3 heterocycles. The Morgan fingerprint density at radius 1 is 1.31 bits per heavy atom. The normalized spacial score (nSPS) is 15.3. The van der Waals surface area contributed by atoms with E-state index >= 15 is 0 Å². The molecule has 8 nitrogen and oxygen atoms in total. The maximum atomic E-state index is 12.2. The van der Waals surface area contributed by atoms with E-state index in [0.717, 1.165) is 22.3 Å². The molecule has 1 fully saturated rings. The molecule has 1 saturated heterocycles. The molecule has 26 heavy (non-hydrogen) atoms. The number of amides is 2. The van der Waals surface area contributed by atoms with E-state index in [4.69, 9.17) is 4.74 Å². The van der Waals surface area contributed by atoms with Crippen molar-refractivity contribution in [2.75, 3.05) is 23.8 Å². The quantitative estimate of drug-likeness (QED) is 0.565. The Hall–Kier alpha value is -3.13. The highest BCUT2D eigenvalue weighted by molar-refractivity contribution is 5.94. The molecule has 0 aliphatic carbocycles. The van der Waals surface area contributed by atoms with Gasteiger partial charge in [-0.3, -0.25) is 10.4 Å². The number of hydrogen-bond donors (Lipinski definition) is 4. The third kappa shape index (κ3) is 3.45. The number of hydrogen-bond acceptors (Lipinski definition) is 5. The van der Waals surface area contributed by atoms with Crippen LogP contribution < -0.4 is 16.0 Å². The van der Waals surface area contributed by atoms with Gasteiger partial charge in [-0.15, -0.1) is 0 Å². The Balaban J connectivity index is 1.41. The largest absolute Gasteiger partial charge is 0.377 e. The van der Waals surface area contributed by atoms with Crippen molar-refractivity contribution < 1.29 is 9.53 Å². The van der Waals surface area contributed by atoms with Gasteiger partial charge in [-0.2, -0.15) is 5.10 Å². The third-order valence-corrected chi connectivity index (χ3v) is 4.31. The molecule has 8 heteroatoms. The van der Waals surface area contributed by atoms with E-state index in [1.807, 2.05) is 37.3 Å². The fourth-order valence-electron chi connectivity index (χ4n) is 2.78. The van der Waals surface area contributed by atoms with Crippen LogP contribution in [0.5, 0.6) is 0 Å². The van der Waals surface area contributed by atoms with Gasteiger partial charge in [0, 0.05) is 12.3 Å². The number of ether oxygens (including phenoxy) is 1. The number of carbonyl (C=O) groups is 1. The van der Waals surface area contributed by atoms with Crippen LogP contribution in [0.2, 0.25) is 0 Å². The highest BCUT2D eigenvalue weighted by Crippen LogP contribution is 2.23. The molecule has 0 spiro atoms. The molecule has 1 atom stereocenters.